The smallest absolute Gasteiger partial charge is 0.356 e. The number of nitrogens with one attached hydrogen (secondary N) is 2. The SMILES string of the molecule is CCOC(=O)c1[nH]c2cc(OC)c(OC)cc2c1NC(=O)CN1C[C@]2(C)C[C@@H]1CC(C)(C)C2. The summed E-state index contributed by atoms with van der Waals surface area (Å²) in [5, 5.41) is 3.66. The summed E-state index contributed by atoms with van der Waals surface area (Å²) in [6.45, 7) is 10.2. The van der Waals surface area contributed by atoms with Crippen LogP contribution >= 0.6 is 0 Å². The van der Waals surface area contributed by atoms with Crippen molar-refractivity contribution in [2.75, 3.05) is 39.2 Å². The lowest BCUT2D eigenvalue weighted by molar-refractivity contribution is -0.117. The molecule has 0 radical (unpaired) electrons. The lowest BCUT2D eigenvalue weighted by Gasteiger charge is -2.39. The quantitative estimate of drug-likeness (QED) is 0.606. The molecule has 2 aliphatic rings. The summed E-state index contributed by atoms with van der Waals surface area (Å²) >= 11 is 0. The fraction of sp³-hybridized carbons (Fsp3) is 0.600. The molecule has 1 aromatic carbocycles. The number of H-pyrrole nitrogens is 1. The molecule has 2 aromatic rings. The van der Waals surface area contributed by atoms with Gasteiger partial charge in [0, 0.05) is 24.0 Å². The van der Waals surface area contributed by atoms with Gasteiger partial charge in [-0.2, -0.15) is 0 Å². The molecule has 1 aliphatic carbocycles. The van der Waals surface area contributed by atoms with Crippen molar-refractivity contribution in [2.45, 2.75) is 53.0 Å². The second kappa shape index (κ2) is 8.56. The molecular weight excluding hydrogens is 422 g/mol. The normalized spacial score (nSPS) is 24.0. The summed E-state index contributed by atoms with van der Waals surface area (Å²) in [5.41, 5.74) is 1.80. The molecule has 0 spiro atoms. The number of carbonyl (C=O) groups is 2. The molecule has 8 heteroatoms. The third-order valence-electron chi connectivity index (χ3n) is 6.92. The number of fused-ring (bicyclic) bond motifs is 3. The minimum Gasteiger partial charge on any atom is -0.493 e. The maximum Gasteiger partial charge on any atom is 0.356 e. The summed E-state index contributed by atoms with van der Waals surface area (Å²) in [6, 6.07) is 3.91. The van der Waals surface area contributed by atoms with Gasteiger partial charge in [0.05, 0.1) is 38.6 Å². The topological polar surface area (TPSA) is 92.9 Å². The van der Waals surface area contributed by atoms with Crippen LogP contribution in [0.5, 0.6) is 11.5 Å². The summed E-state index contributed by atoms with van der Waals surface area (Å²) in [4.78, 5) is 31.2. The highest BCUT2D eigenvalue weighted by Crippen LogP contribution is 2.52. The van der Waals surface area contributed by atoms with E-state index in [1.54, 1.807) is 33.3 Å². The van der Waals surface area contributed by atoms with Crippen molar-refractivity contribution in [3.05, 3.63) is 17.8 Å². The minimum absolute atomic E-state index is 0.148. The van der Waals surface area contributed by atoms with Gasteiger partial charge in [-0.25, -0.2) is 4.79 Å². The van der Waals surface area contributed by atoms with E-state index in [0.717, 1.165) is 19.4 Å². The Labute approximate surface area is 194 Å². The summed E-state index contributed by atoms with van der Waals surface area (Å²) < 4.78 is 16.0. The van der Waals surface area contributed by atoms with E-state index in [9.17, 15) is 9.59 Å². The van der Waals surface area contributed by atoms with Crippen LogP contribution in [0.15, 0.2) is 12.1 Å². The van der Waals surface area contributed by atoms with Gasteiger partial charge in [-0.05, 0) is 43.1 Å². The number of esters is 1. The highest BCUT2D eigenvalue weighted by atomic mass is 16.5. The van der Waals surface area contributed by atoms with Crippen LogP contribution in [0.3, 0.4) is 0 Å². The monoisotopic (exact) mass is 457 g/mol. The number of ether oxygens (including phenoxy) is 3. The zero-order valence-corrected chi connectivity index (χ0v) is 20.5. The van der Waals surface area contributed by atoms with Gasteiger partial charge in [0.2, 0.25) is 5.91 Å². The van der Waals surface area contributed by atoms with Gasteiger partial charge in [-0.15, -0.1) is 0 Å². The van der Waals surface area contributed by atoms with Crippen molar-refractivity contribution in [1.82, 2.24) is 9.88 Å². The minimum atomic E-state index is -0.520. The van der Waals surface area contributed by atoms with E-state index in [-0.39, 0.29) is 29.0 Å². The van der Waals surface area contributed by atoms with Crippen molar-refractivity contribution in [3.63, 3.8) is 0 Å². The molecule has 2 atom stereocenters. The maximum absolute atomic E-state index is 13.2. The van der Waals surface area contributed by atoms with Gasteiger partial charge in [0.15, 0.2) is 11.5 Å². The van der Waals surface area contributed by atoms with Crippen LogP contribution in [-0.2, 0) is 9.53 Å². The lowest BCUT2D eigenvalue weighted by Crippen LogP contribution is -2.38. The molecule has 2 heterocycles. The van der Waals surface area contributed by atoms with E-state index in [1.807, 2.05) is 0 Å². The third kappa shape index (κ3) is 4.53. The number of aromatic amines is 1. The van der Waals surface area contributed by atoms with E-state index < -0.39 is 5.97 Å². The Kier molecular flexibility index (Phi) is 6.07. The number of aromatic nitrogens is 1. The third-order valence-corrected chi connectivity index (χ3v) is 6.92. The molecule has 1 saturated carbocycles. The number of hydrogen-bond acceptors (Lipinski definition) is 6. The first kappa shape index (κ1) is 23.4. The van der Waals surface area contributed by atoms with Gasteiger partial charge in [-0.3, -0.25) is 9.69 Å². The predicted molar refractivity (Wildman–Crippen MR) is 127 cm³/mol. The molecule has 0 unspecified atom stereocenters. The molecule has 2 N–H and O–H groups in total. The molecule has 4 rings (SSSR count). The predicted octanol–water partition coefficient (Wildman–Crippen LogP) is 4.20. The van der Waals surface area contributed by atoms with Gasteiger partial charge < -0.3 is 24.5 Å². The molecule has 1 saturated heterocycles. The second-order valence-electron chi connectivity index (χ2n) is 10.5. The summed E-state index contributed by atoms with van der Waals surface area (Å²) in [6.07, 6.45) is 3.39. The zero-order valence-electron chi connectivity index (χ0n) is 20.5. The number of amides is 1. The number of benzene rings is 1. The molecule has 8 nitrogen and oxygen atoms in total. The molecular formula is C25H35N3O5. The van der Waals surface area contributed by atoms with Crippen molar-refractivity contribution in [2.24, 2.45) is 10.8 Å². The fourth-order valence-electron chi connectivity index (χ4n) is 6.13. The molecule has 33 heavy (non-hydrogen) atoms. The number of anilines is 1. The summed E-state index contributed by atoms with van der Waals surface area (Å²) in [5.74, 6) is 0.372. The summed E-state index contributed by atoms with van der Waals surface area (Å²) in [7, 11) is 3.10. The van der Waals surface area contributed by atoms with Crippen LogP contribution in [0.4, 0.5) is 5.69 Å². The van der Waals surface area contributed by atoms with Crippen LogP contribution < -0.4 is 14.8 Å². The van der Waals surface area contributed by atoms with Gasteiger partial charge in [0.1, 0.15) is 5.69 Å². The van der Waals surface area contributed by atoms with Crippen molar-refractivity contribution >= 4 is 28.5 Å². The molecule has 180 valence electrons. The number of nitrogens with zero attached hydrogens (tertiary/aromatic N) is 1. The van der Waals surface area contributed by atoms with Gasteiger partial charge in [0.25, 0.3) is 0 Å². The Morgan fingerprint density at radius 2 is 1.85 bits per heavy atom. The van der Waals surface area contributed by atoms with Crippen LogP contribution in [0.1, 0.15) is 57.4 Å². The standard InChI is InChI=1S/C25H35N3O5/c1-7-33-23(30)22-21(16-8-18(31-5)19(32-6)9-17(16)26-22)27-20(29)12-28-14-25(4)11-15(28)10-24(2,3)13-25/h8-9,15,26H,7,10-14H2,1-6H3,(H,27,29)/t15-,25+/m0/s1. The molecule has 1 amide bonds. The number of rotatable bonds is 7. The van der Waals surface area contributed by atoms with Crippen LogP contribution in [0.2, 0.25) is 0 Å². The van der Waals surface area contributed by atoms with E-state index in [4.69, 9.17) is 14.2 Å². The molecule has 1 aromatic heterocycles. The molecule has 2 bridgehead atoms. The Balaban J connectivity index is 1.62. The van der Waals surface area contributed by atoms with Crippen LogP contribution in [-0.4, -0.2) is 61.7 Å². The lowest BCUT2D eigenvalue weighted by atomic mass is 9.65. The van der Waals surface area contributed by atoms with E-state index in [1.165, 1.54) is 6.42 Å². The first-order valence-corrected chi connectivity index (χ1v) is 11.6. The zero-order chi connectivity index (χ0) is 24.0. The van der Waals surface area contributed by atoms with Crippen molar-refractivity contribution in [1.29, 1.82) is 0 Å². The first-order valence-electron chi connectivity index (χ1n) is 11.6. The second-order valence-corrected chi connectivity index (χ2v) is 10.5. The highest BCUT2D eigenvalue weighted by molar-refractivity contribution is 6.11. The number of methoxy groups -OCH3 is 2. The number of hydrogen-bond donors (Lipinski definition) is 2. The van der Waals surface area contributed by atoms with Gasteiger partial charge >= 0.3 is 5.97 Å². The Morgan fingerprint density at radius 1 is 1.15 bits per heavy atom. The van der Waals surface area contributed by atoms with Gasteiger partial charge in [-0.1, -0.05) is 20.8 Å². The molecule has 2 fully saturated rings. The average Bonchev–Trinajstić information content (AvgIpc) is 3.19. The van der Waals surface area contributed by atoms with Crippen molar-refractivity contribution < 1.29 is 23.8 Å². The van der Waals surface area contributed by atoms with E-state index >= 15 is 0 Å². The maximum atomic E-state index is 13.2. The van der Waals surface area contributed by atoms with Crippen LogP contribution in [0.25, 0.3) is 10.9 Å². The first-order chi connectivity index (χ1) is 15.6. The van der Waals surface area contributed by atoms with E-state index in [2.05, 4.69) is 36.0 Å². The van der Waals surface area contributed by atoms with Crippen molar-refractivity contribution in [3.8, 4) is 11.5 Å². The number of likely N-dealkylation sites (tertiary alicyclic amines) is 1. The average molecular weight is 458 g/mol. The Hall–Kier alpha value is -2.74. The number of carbonyl (C=O) groups excluding carboxylic acids is 2. The largest absolute Gasteiger partial charge is 0.493 e. The van der Waals surface area contributed by atoms with E-state index in [0.29, 0.717) is 40.7 Å². The highest BCUT2D eigenvalue weighted by Gasteiger charge is 2.49. The molecule has 1 aliphatic heterocycles. The Bertz CT molecular complexity index is 1080. The Morgan fingerprint density at radius 3 is 2.52 bits per heavy atom. The van der Waals surface area contributed by atoms with Crippen LogP contribution in [0, 0.1) is 10.8 Å². The fourth-order valence-corrected chi connectivity index (χ4v) is 6.13.